The van der Waals surface area contributed by atoms with Gasteiger partial charge >= 0.3 is 6.18 Å². The van der Waals surface area contributed by atoms with E-state index in [9.17, 15) is 22.4 Å². The number of nitrogens with zero attached hydrogens (tertiary/aromatic N) is 3. The van der Waals surface area contributed by atoms with Gasteiger partial charge in [-0.05, 0) is 13.0 Å². The first-order chi connectivity index (χ1) is 12.0. The van der Waals surface area contributed by atoms with Crippen LogP contribution in [0, 0.1) is 0 Å². The lowest BCUT2D eigenvalue weighted by molar-refractivity contribution is -0.156. The Morgan fingerprint density at radius 1 is 1.50 bits per heavy atom. The highest BCUT2D eigenvalue weighted by Crippen LogP contribution is 2.48. The zero-order valence-electron chi connectivity index (χ0n) is 13.4. The molecule has 1 aromatic heterocycles. The highest BCUT2D eigenvalue weighted by atomic mass is 35.5. The van der Waals surface area contributed by atoms with Crippen LogP contribution in [0.4, 0.5) is 17.6 Å². The quantitative estimate of drug-likeness (QED) is 0.570. The van der Waals surface area contributed by atoms with E-state index in [1.54, 1.807) is 6.92 Å². The number of ether oxygens (including phenoxy) is 1. The monoisotopic (exact) mass is 416 g/mol. The molecule has 1 aliphatic carbocycles. The minimum absolute atomic E-state index is 0.0744. The first kappa shape index (κ1) is 20.7. The van der Waals surface area contributed by atoms with Crippen molar-refractivity contribution < 1.29 is 27.1 Å². The van der Waals surface area contributed by atoms with Crippen LogP contribution in [0.2, 0.25) is 0 Å². The van der Waals surface area contributed by atoms with Crippen molar-refractivity contribution >= 4 is 29.1 Å². The van der Waals surface area contributed by atoms with Crippen molar-refractivity contribution in [3.63, 3.8) is 0 Å². The summed E-state index contributed by atoms with van der Waals surface area (Å²) in [7, 11) is 0. The van der Waals surface area contributed by atoms with Gasteiger partial charge in [0.05, 0.1) is 23.6 Å². The van der Waals surface area contributed by atoms with Crippen molar-refractivity contribution in [3.05, 3.63) is 34.7 Å². The summed E-state index contributed by atoms with van der Waals surface area (Å²) in [6.07, 6.45) is -4.00. The van der Waals surface area contributed by atoms with E-state index in [0.717, 1.165) is 12.4 Å². The fourth-order valence-electron chi connectivity index (χ4n) is 2.52. The van der Waals surface area contributed by atoms with Gasteiger partial charge in [0.25, 0.3) is 0 Å². The molecular weight excluding hydrogens is 403 g/mol. The third-order valence-corrected chi connectivity index (χ3v) is 4.62. The summed E-state index contributed by atoms with van der Waals surface area (Å²) in [4.78, 5) is 15.6. The number of hydrogen-bond donors (Lipinski definition) is 1. The van der Waals surface area contributed by atoms with E-state index in [0.29, 0.717) is 0 Å². The summed E-state index contributed by atoms with van der Waals surface area (Å²) < 4.78 is 58.4. The molecule has 0 aromatic carbocycles. The Bertz CT molecular complexity index is 762. The average Bonchev–Trinajstić information content (AvgIpc) is 2.97. The first-order valence-electron chi connectivity index (χ1n) is 7.34. The zero-order chi connectivity index (χ0) is 19.7. The number of nitrogens with two attached hydrogens (primary N) is 1. The Morgan fingerprint density at radius 2 is 2.15 bits per heavy atom. The first-order valence-corrected chi connectivity index (χ1v) is 8.16. The number of rotatable bonds is 6. The lowest BCUT2D eigenvalue weighted by atomic mass is 9.86. The van der Waals surface area contributed by atoms with Crippen LogP contribution in [0.3, 0.4) is 0 Å². The van der Waals surface area contributed by atoms with Crippen LogP contribution in [0.25, 0.3) is 0 Å². The molecule has 1 amide bonds. The molecule has 1 heterocycles. The SMILES string of the molecule is CCn1ncnc1C1(OCCC(F)(F)F)C(Cl)=CC(F)=C(C(N)=O)C1Cl. The van der Waals surface area contributed by atoms with Gasteiger partial charge in [0, 0.05) is 6.54 Å². The summed E-state index contributed by atoms with van der Waals surface area (Å²) in [5.74, 6) is -2.37. The number of halogens is 6. The molecule has 0 aliphatic heterocycles. The third kappa shape index (κ3) is 3.72. The largest absolute Gasteiger partial charge is 0.391 e. The molecule has 12 heteroatoms. The number of hydrogen-bond acceptors (Lipinski definition) is 4. The molecule has 6 nitrogen and oxygen atoms in total. The maximum absolute atomic E-state index is 14.1. The fraction of sp³-hybridized carbons (Fsp3) is 0.500. The molecular formula is C14H14Cl2F4N4O2. The van der Waals surface area contributed by atoms with Gasteiger partial charge in [-0.2, -0.15) is 18.3 Å². The van der Waals surface area contributed by atoms with Gasteiger partial charge in [-0.15, -0.1) is 11.6 Å². The van der Waals surface area contributed by atoms with Gasteiger partial charge in [0.1, 0.15) is 17.5 Å². The van der Waals surface area contributed by atoms with Crippen molar-refractivity contribution in [2.75, 3.05) is 6.61 Å². The van der Waals surface area contributed by atoms with Crippen LogP contribution >= 0.6 is 23.2 Å². The second kappa shape index (κ2) is 7.53. The molecule has 1 aliphatic rings. The summed E-state index contributed by atoms with van der Waals surface area (Å²) in [6, 6.07) is 0. The van der Waals surface area contributed by atoms with E-state index >= 15 is 0 Å². The zero-order valence-corrected chi connectivity index (χ0v) is 14.9. The number of allylic oxidation sites excluding steroid dienone is 2. The second-order valence-corrected chi connectivity index (χ2v) is 6.17. The molecule has 0 fully saturated rings. The Labute approximate surface area is 155 Å². The van der Waals surface area contributed by atoms with Crippen LogP contribution in [-0.4, -0.2) is 38.8 Å². The molecule has 2 N–H and O–H groups in total. The normalized spacial score (nSPS) is 24.0. The van der Waals surface area contributed by atoms with Crippen molar-refractivity contribution in [2.45, 2.75) is 37.0 Å². The molecule has 144 valence electrons. The second-order valence-electron chi connectivity index (χ2n) is 5.33. The van der Waals surface area contributed by atoms with Gasteiger partial charge in [0.2, 0.25) is 5.91 Å². The van der Waals surface area contributed by atoms with Gasteiger partial charge in [-0.3, -0.25) is 4.79 Å². The lowest BCUT2D eigenvalue weighted by Gasteiger charge is -2.39. The summed E-state index contributed by atoms with van der Waals surface area (Å²) in [5.41, 5.74) is 2.44. The van der Waals surface area contributed by atoms with Crippen molar-refractivity contribution in [1.82, 2.24) is 14.8 Å². The Morgan fingerprint density at radius 3 is 2.69 bits per heavy atom. The van der Waals surface area contributed by atoms with Crippen molar-refractivity contribution in [2.24, 2.45) is 5.73 Å². The highest BCUT2D eigenvalue weighted by molar-refractivity contribution is 6.34. The van der Waals surface area contributed by atoms with E-state index in [4.69, 9.17) is 33.7 Å². The summed E-state index contributed by atoms with van der Waals surface area (Å²) in [6.45, 7) is 1.06. The topological polar surface area (TPSA) is 83.0 Å². The molecule has 1 aromatic rings. The predicted molar refractivity (Wildman–Crippen MR) is 84.9 cm³/mol. The van der Waals surface area contributed by atoms with Crippen LogP contribution < -0.4 is 5.73 Å². The average molecular weight is 417 g/mol. The minimum Gasteiger partial charge on any atom is -0.366 e. The summed E-state index contributed by atoms with van der Waals surface area (Å²) >= 11 is 12.4. The minimum atomic E-state index is -4.51. The molecule has 26 heavy (non-hydrogen) atoms. The smallest absolute Gasteiger partial charge is 0.366 e. The number of carbonyl (C=O) groups excluding carboxylic acids is 1. The van der Waals surface area contributed by atoms with E-state index in [1.165, 1.54) is 4.68 Å². The number of amides is 1. The fourth-order valence-corrected chi connectivity index (χ4v) is 3.41. The Kier molecular flexibility index (Phi) is 5.99. The summed E-state index contributed by atoms with van der Waals surface area (Å²) in [5, 5.41) is 1.87. The molecule has 2 unspecified atom stereocenters. The van der Waals surface area contributed by atoms with Crippen LogP contribution in [0.1, 0.15) is 19.2 Å². The van der Waals surface area contributed by atoms with E-state index in [1.807, 2.05) is 0 Å². The standard InChI is InChI=1S/C14H14Cl2F4N4O2/c1-2-24-12(22-6-23-24)14(26-4-3-13(18,19)20)8(15)5-7(17)9(10(14)16)11(21)25/h5-6,10H,2-4H2,1H3,(H2,21,25). The number of aryl methyl sites for hydroxylation is 1. The van der Waals surface area contributed by atoms with E-state index in [2.05, 4.69) is 10.1 Å². The van der Waals surface area contributed by atoms with Crippen LogP contribution in [0.15, 0.2) is 28.8 Å². The van der Waals surface area contributed by atoms with Gasteiger partial charge < -0.3 is 10.5 Å². The third-order valence-electron chi connectivity index (χ3n) is 3.70. The van der Waals surface area contributed by atoms with Crippen LogP contribution in [0.5, 0.6) is 0 Å². The number of primary amides is 1. The highest BCUT2D eigenvalue weighted by Gasteiger charge is 2.53. The predicted octanol–water partition coefficient (Wildman–Crippen LogP) is 2.91. The molecule has 0 saturated carbocycles. The van der Waals surface area contributed by atoms with E-state index in [-0.39, 0.29) is 17.4 Å². The molecule has 0 spiro atoms. The van der Waals surface area contributed by atoms with Crippen molar-refractivity contribution in [3.8, 4) is 0 Å². The molecule has 0 bridgehead atoms. The molecule has 2 rings (SSSR count). The maximum atomic E-state index is 14.1. The molecule has 2 atom stereocenters. The Hall–Kier alpha value is -1.65. The van der Waals surface area contributed by atoms with Crippen molar-refractivity contribution in [1.29, 1.82) is 0 Å². The molecule has 0 saturated heterocycles. The maximum Gasteiger partial charge on any atom is 0.391 e. The van der Waals surface area contributed by atoms with Gasteiger partial charge in [0.15, 0.2) is 11.4 Å². The van der Waals surface area contributed by atoms with Crippen LogP contribution in [-0.2, 0) is 21.7 Å². The lowest BCUT2D eigenvalue weighted by Crippen LogP contribution is -2.48. The Balaban J connectivity index is 2.58. The molecule has 0 radical (unpaired) electrons. The van der Waals surface area contributed by atoms with E-state index < -0.39 is 47.5 Å². The number of alkyl halides is 4. The van der Waals surface area contributed by atoms with Gasteiger partial charge in [-0.25, -0.2) is 14.1 Å². The number of carbonyl (C=O) groups is 1. The number of aromatic nitrogens is 3. The van der Waals surface area contributed by atoms with Gasteiger partial charge in [-0.1, -0.05) is 11.6 Å².